The largest absolute Gasteiger partial charge is 0.455 e. The van der Waals surface area contributed by atoms with Gasteiger partial charge < -0.3 is 14.3 Å². The maximum absolute atomic E-state index is 6.51. The smallest absolute Gasteiger partial charge is 0.201 e. The van der Waals surface area contributed by atoms with Crippen molar-refractivity contribution in [2.75, 3.05) is 5.32 Å². The first-order valence-corrected chi connectivity index (χ1v) is 14.3. The fourth-order valence-electron chi connectivity index (χ4n) is 6.52. The molecular formula is C38H25N3O. The molecule has 0 aliphatic carbocycles. The first kappa shape index (κ1) is 23.1. The monoisotopic (exact) mass is 539 g/mol. The van der Waals surface area contributed by atoms with E-state index < -0.39 is 0 Å². The Morgan fingerprint density at radius 3 is 2.12 bits per heavy atom. The van der Waals surface area contributed by atoms with E-state index in [1.807, 2.05) is 12.1 Å². The summed E-state index contributed by atoms with van der Waals surface area (Å²) < 4.78 is 8.82. The highest BCUT2D eigenvalue weighted by Gasteiger charge is 2.27. The lowest BCUT2D eigenvalue weighted by atomic mass is 9.95. The molecule has 6 aromatic carbocycles. The molecule has 9 rings (SSSR count). The Hall–Kier alpha value is -5.61. The van der Waals surface area contributed by atoms with E-state index >= 15 is 0 Å². The SMILES string of the molecule is c1ccc(C2=NC(n3c4ccccc4c4c5oc6ccccc6c5ccc43)Nc3ccc(-c4ccccc4)cc32)cc1. The Bertz CT molecular complexity index is 2330. The van der Waals surface area contributed by atoms with Gasteiger partial charge in [-0.25, -0.2) is 4.99 Å². The Kier molecular flexibility index (Phi) is 4.93. The summed E-state index contributed by atoms with van der Waals surface area (Å²) in [6.07, 6.45) is -0.348. The molecule has 42 heavy (non-hydrogen) atoms. The molecule has 1 aliphatic heterocycles. The van der Waals surface area contributed by atoms with Crippen molar-refractivity contribution in [1.29, 1.82) is 0 Å². The van der Waals surface area contributed by atoms with Gasteiger partial charge >= 0.3 is 0 Å². The lowest BCUT2D eigenvalue weighted by molar-refractivity contribution is 0.624. The van der Waals surface area contributed by atoms with E-state index in [1.54, 1.807) is 0 Å². The van der Waals surface area contributed by atoms with Gasteiger partial charge in [0, 0.05) is 33.0 Å². The van der Waals surface area contributed by atoms with Gasteiger partial charge in [0.25, 0.3) is 0 Å². The van der Waals surface area contributed by atoms with Crippen LogP contribution in [0.25, 0.3) is 54.9 Å². The molecule has 1 atom stereocenters. The number of hydrogen-bond acceptors (Lipinski definition) is 3. The van der Waals surface area contributed by atoms with Crippen LogP contribution in [0.2, 0.25) is 0 Å². The summed E-state index contributed by atoms with van der Waals surface area (Å²) in [6, 6.07) is 48.9. The molecule has 2 aromatic heterocycles. The van der Waals surface area contributed by atoms with E-state index in [1.165, 1.54) is 11.1 Å². The third kappa shape index (κ3) is 3.39. The Morgan fingerprint density at radius 2 is 1.29 bits per heavy atom. The average molecular weight is 540 g/mol. The Balaban J connectivity index is 1.30. The van der Waals surface area contributed by atoms with Gasteiger partial charge in [0.05, 0.1) is 22.1 Å². The van der Waals surface area contributed by atoms with Crippen molar-refractivity contribution in [1.82, 2.24) is 4.57 Å². The molecule has 0 amide bonds. The predicted octanol–water partition coefficient (Wildman–Crippen LogP) is 9.78. The summed E-state index contributed by atoms with van der Waals surface area (Å²) in [6.45, 7) is 0. The summed E-state index contributed by atoms with van der Waals surface area (Å²) in [7, 11) is 0. The Labute approximate surface area is 242 Å². The number of nitrogens with one attached hydrogen (secondary N) is 1. The summed E-state index contributed by atoms with van der Waals surface area (Å²) >= 11 is 0. The number of fused-ring (bicyclic) bond motifs is 8. The summed E-state index contributed by atoms with van der Waals surface area (Å²) in [4.78, 5) is 5.43. The minimum Gasteiger partial charge on any atom is -0.455 e. The van der Waals surface area contributed by atoms with Gasteiger partial charge in [-0.2, -0.15) is 0 Å². The lowest BCUT2D eigenvalue weighted by Gasteiger charge is -2.28. The van der Waals surface area contributed by atoms with Crippen LogP contribution in [0.15, 0.2) is 149 Å². The highest BCUT2D eigenvalue weighted by molar-refractivity contribution is 6.23. The maximum atomic E-state index is 6.51. The first-order chi connectivity index (χ1) is 20.8. The van der Waals surface area contributed by atoms with Gasteiger partial charge in [0.2, 0.25) is 6.29 Å². The van der Waals surface area contributed by atoms with Gasteiger partial charge in [-0.1, -0.05) is 103 Å². The van der Waals surface area contributed by atoms with Gasteiger partial charge in [0.1, 0.15) is 11.2 Å². The number of benzene rings is 6. The highest BCUT2D eigenvalue weighted by Crippen LogP contribution is 2.42. The first-order valence-electron chi connectivity index (χ1n) is 14.3. The van der Waals surface area contributed by atoms with Crippen molar-refractivity contribution in [3.05, 3.63) is 151 Å². The topological polar surface area (TPSA) is 42.5 Å². The van der Waals surface area contributed by atoms with Gasteiger partial charge in [-0.3, -0.25) is 0 Å². The molecule has 198 valence electrons. The predicted molar refractivity (Wildman–Crippen MR) is 173 cm³/mol. The fraction of sp³-hybridized carbons (Fsp3) is 0.0263. The molecule has 0 bridgehead atoms. The van der Waals surface area contributed by atoms with Crippen LogP contribution in [0.1, 0.15) is 17.4 Å². The van der Waals surface area contributed by atoms with Crippen LogP contribution in [0.4, 0.5) is 5.69 Å². The van der Waals surface area contributed by atoms with Crippen molar-refractivity contribution in [3.63, 3.8) is 0 Å². The third-order valence-electron chi connectivity index (χ3n) is 8.43. The molecule has 3 heterocycles. The lowest BCUT2D eigenvalue weighted by Crippen LogP contribution is -2.25. The van der Waals surface area contributed by atoms with E-state index in [0.717, 1.165) is 66.3 Å². The number of rotatable bonds is 3. The minimum absolute atomic E-state index is 0.348. The third-order valence-corrected chi connectivity index (χ3v) is 8.43. The van der Waals surface area contributed by atoms with Crippen LogP contribution in [-0.4, -0.2) is 10.3 Å². The van der Waals surface area contributed by atoms with Crippen molar-refractivity contribution < 1.29 is 4.42 Å². The summed E-state index contributed by atoms with van der Waals surface area (Å²) in [5.74, 6) is 0. The zero-order valence-electron chi connectivity index (χ0n) is 22.7. The maximum Gasteiger partial charge on any atom is 0.201 e. The zero-order chi connectivity index (χ0) is 27.6. The Morgan fingerprint density at radius 1 is 0.571 bits per heavy atom. The molecule has 0 spiro atoms. The standard InChI is InChI=1S/C38H25N3O/c1-3-11-24(12-4-1)26-19-21-31-30(23-26)36(25-13-5-2-6-14-25)40-38(39-31)41-32-17-9-7-16-29(32)35-33(41)22-20-28-27-15-8-10-18-34(27)42-37(28)35/h1-23,38-39H. The van der Waals surface area contributed by atoms with Crippen LogP contribution in [0.3, 0.4) is 0 Å². The molecule has 1 N–H and O–H groups in total. The molecule has 0 fully saturated rings. The number of para-hydroxylation sites is 2. The van der Waals surface area contributed by atoms with Crippen LogP contribution in [-0.2, 0) is 0 Å². The van der Waals surface area contributed by atoms with Gasteiger partial charge in [0.15, 0.2) is 0 Å². The summed E-state index contributed by atoms with van der Waals surface area (Å²) in [5.41, 5.74) is 10.6. The van der Waals surface area contributed by atoms with Crippen LogP contribution < -0.4 is 5.32 Å². The number of aromatic nitrogens is 1. The quantitative estimate of drug-likeness (QED) is 0.243. The van der Waals surface area contributed by atoms with E-state index in [2.05, 4.69) is 137 Å². The van der Waals surface area contributed by atoms with Crippen molar-refractivity contribution in [2.24, 2.45) is 4.99 Å². The molecule has 0 saturated carbocycles. The van der Waals surface area contributed by atoms with Gasteiger partial charge in [-0.05, 0) is 47.5 Å². The number of furan rings is 1. The zero-order valence-corrected chi connectivity index (χ0v) is 22.7. The number of nitrogens with zero attached hydrogens (tertiary/aromatic N) is 2. The molecule has 0 saturated heterocycles. The molecule has 8 aromatic rings. The van der Waals surface area contributed by atoms with E-state index in [9.17, 15) is 0 Å². The van der Waals surface area contributed by atoms with Crippen LogP contribution in [0, 0.1) is 0 Å². The highest BCUT2D eigenvalue weighted by atomic mass is 16.3. The van der Waals surface area contributed by atoms with Crippen LogP contribution >= 0.6 is 0 Å². The molecule has 0 radical (unpaired) electrons. The molecule has 1 unspecified atom stereocenters. The molecule has 4 nitrogen and oxygen atoms in total. The molecular weight excluding hydrogens is 514 g/mol. The fourth-order valence-corrected chi connectivity index (χ4v) is 6.52. The second-order valence-corrected chi connectivity index (χ2v) is 10.8. The second-order valence-electron chi connectivity index (χ2n) is 10.8. The molecule has 4 heteroatoms. The van der Waals surface area contributed by atoms with Gasteiger partial charge in [-0.15, -0.1) is 0 Å². The molecule has 1 aliphatic rings. The van der Waals surface area contributed by atoms with E-state index in [0.29, 0.717) is 0 Å². The summed E-state index contributed by atoms with van der Waals surface area (Å²) in [5, 5.41) is 8.31. The number of anilines is 1. The van der Waals surface area contributed by atoms with Crippen molar-refractivity contribution in [3.8, 4) is 11.1 Å². The van der Waals surface area contributed by atoms with Crippen LogP contribution in [0.5, 0.6) is 0 Å². The second kappa shape index (κ2) is 8.95. The number of hydrogen-bond donors (Lipinski definition) is 1. The van der Waals surface area contributed by atoms with Crippen molar-refractivity contribution in [2.45, 2.75) is 6.29 Å². The average Bonchev–Trinajstić information content (AvgIpc) is 3.61. The normalized spacial score (nSPS) is 14.8. The van der Waals surface area contributed by atoms with Crippen molar-refractivity contribution >= 4 is 55.1 Å². The number of aliphatic imine (C=N–C) groups is 1. The van der Waals surface area contributed by atoms with E-state index in [-0.39, 0.29) is 6.29 Å². The minimum atomic E-state index is -0.348. The van der Waals surface area contributed by atoms with E-state index in [4.69, 9.17) is 9.41 Å².